The number of methoxy groups -OCH3 is 2. The van der Waals surface area contributed by atoms with Crippen molar-refractivity contribution in [1.29, 1.82) is 0 Å². The summed E-state index contributed by atoms with van der Waals surface area (Å²) in [5, 5.41) is 0. The minimum absolute atomic E-state index is 0.252. The molecule has 118 valence electrons. The summed E-state index contributed by atoms with van der Waals surface area (Å²) in [4.78, 5) is 4.42. The van der Waals surface area contributed by atoms with Crippen LogP contribution in [-0.2, 0) is 4.74 Å². The predicted octanol–water partition coefficient (Wildman–Crippen LogP) is 3.83. The van der Waals surface area contributed by atoms with Crippen molar-refractivity contribution in [2.45, 2.75) is 37.8 Å². The first-order chi connectivity index (χ1) is 10.7. The van der Waals surface area contributed by atoms with Gasteiger partial charge in [0.05, 0.1) is 13.2 Å². The van der Waals surface area contributed by atoms with Crippen molar-refractivity contribution >= 4 is 0 Å². The number of hydrogen-bond acceptors (Lipinski definition) is 3. The largest absolute Gasteiger partial charge is 0.494 e. The number of halogens is 1. The van der Waals surface area contributed by atoms with Crippen molar-refractivity contribution in [2.75, 3.05) is 14.2 Å². The maximum Gasteiger partial charge on any atom is 0.165 e. The molecule has 0 saturated heterocycles. The maximum absolute atomic E-state index is 13.9. The second-order valence-electron chi connectivity index (χ2n) is 5.67. The Hall–Kier alpha value is -1.88. The number of nitrogens with zero attached hydrogens (tertiary/aromatic N) is 2. The van der Waals surface area contributed by atoms with Crippen LogP contribution in [0.25, 0.3) is 11.4 Å². The zero-order chi connectivity index (χ0) is 15.5. The molecule has 0 amide bonds. The van der Waals surface area contributed by atoms with Crippen LogP contribution < -0.4 is 4.74 Å². The molecule has 0 bridgehead atoms. The third-order valence-electron chi connectivity index (χ3n) is 4.45. The minimum atomic E-state index is -0.363. The molecule has 0 radical (unpaired) electrons. The molecule has 0 atom stereocenters. The molecule has 5 heteroatoms. The number of ether oxygens (including phenoxy) is 2. The second kappa shape index (κ2) is 6.48. The van der Waals surface area contributed by atoms with E-state index in [-0.39, 0.29) is 11.6 Å². The van der Waals surface area contributed by atoms with Gasteiger partial charge in [0, 0.05) is 31.1 Å². The van der Waals surface area contributed by atoms with Gasteiger partial charge in [0.15, 0.2) is 11.6 Å². The van der Waals surface area contributed by atoms with Gasteiger partial charge >= 0.3 is 0 Å². The summed E-state index contributed by atoms with van der Waals surface area (Å²) < 4.78 is 26.5. The monoisotopic (exact) mass is 304 g/mol. The normalized spacial score (nSPS) is 21.8. The second-order valence-corrected chi connectivity index (χ2v) is 5.67. The van der Waals surface area contributed by atoms with Gasteiger partial charge in [0.1, 0.15) is 5.82 Å². The highest BCUT2D eigenvalue weighted by molar-refractivity contribution is 5.57. The lowest BCUT2D eigenvalue weighted by Crippen LogP contribution is -2.22. The van der Waals surface area contributed by atoms with Crippen LogP contribution in [0.1, 0.15) is 31.7 Å². The van der Waals surface area contributed by atoms with Crippen LogP contribution >= 0.6 is 0 Å². The van der Waals surface area contributed by atoms with Crippen molar-refractivity contribution in [3.8, 4) is 17.1 Å². The Kier molecular flexibility index (Phi) is 4.43. The average molecular weight is 304 g/mol. The Bertz CT molecular complexity index is 633. The molecule has 1 aromatic carbocycles. The van der Waals surface area contributed by atoms with Crippen LogP contribution in [0.15, 0.2) is 30.6 Å². The number of rotatable bonds is 4. The van der Waals surface area contributed by atoms with Crippen LogP contribution in [0.2, 0.25) is 0 Å². The van der Waals surface area contributed by atoms with Gasteiger partial charge in [0.2, 0.25) is 0 Å². The van der Waals surface area contributed by atoms with Gasteiger partial charge in [-0.3, -0.25) is 0 Å². The fraction of sp³-hybridized carbons (Fsp3) is 0.471. The SMILES string of the molecule is COc1ccc(-c2nccn2C2CCC(OC)CC2)cc1F. The molecular formula is C17H21FN2O2. The summed E-state index contributed by atoms with van der Waals surface area (Å²) in [6.07, 6.45) is 8.34. The summed E-state index contributed by atoms with van der Waals surface area (Å²) in [7, 11) is 3.24. The van der Waals surface area contributed by atoms with E-state index in [1.807, 2.05) is 12.3 Å². The lowest BCUT2D eigenvalue weighted by Gasteiger charge is -2.29. The third kappa shape index (κ3) is 2.86. The van der Waals surface area contributed by atoms with E-state index in [1.54, 1.807) is 19.4 Å². The van der Waals surface area contributed by atoms with Crippen molar-refractivity contribution in [3.05, 3.63) is 36.4 Å². The number of benzene rings is 1. The van der Waals surface area contributed by atoms with E-state index < -0.39 is 0 Å². The van der Waals surface area contributed by atoms with Crippen molar-refractivity contribution < 1.29 is 13.9 Å². The van der Waals surface area contributed by atoms with E-state index >= 15 is 0 Å². The van der Waals surface area contributed by atoms with E-state index in [0.29, 0.717) is 12.1 Å². The summed E-state index contributed by atoms with van der Waals surface area (Å²) in [5.74, 6) is 0.697. The van der Waals surface area contributed by atoms with Crippen molar-refractivity contribution in [2.24, 2.45) is 0 Å². The van der Waals surface area contributed by atoms with Crippen molar-refractivity contribution in [1.82, 2.24) is 9.55 Å². The Morgan fingerprint density at radius 1 is 1.18 bits per heavy atom. The van der Waals surface area contributed by atoms with E-state index in [4.69, 9.17) is 9.47 Å². The highest BCUT2D eigenvalue weighted by Crippen LogP contribution is 2.33. The van der Waals surface area contributed by atoms with Crippen LogP contribution in [0.3, 0.4) is 0 Å². The van der Waals surface area contributed by atoms with E-state index in [0.717, 1.165) is 37.1 Å². The zero-order valence-electron chi connectivity index (χ0n) is 13.0. The van der Waals surface area contributed by atoms with E-state index in [1.165, 1.54) is 13.2 Å². The highest BCUT2D eigenvalue weighted by atomic mass is 19.1. The predicted molar refractivity (Wildman–Crippen MR) is 82.5 cm³/mol. The first kappa shape index (κ1) is 15.0. The highest BCUT2D eigenvalue weighted by Gasteiger charge is 2.24. The summed E-state index contributed by atoms with van der Waals surface area (Å²) in [5.41, 5.74) is 0.775. The molecule has 1 aliphatic carbocycles. The van der Waals surface area contributed by atoms with Gasteiger partial charge in [-0.1, -0.05) is 0 Å². The first-order valence-electron chi connectivity index (χ1n) is 7.62. The average Bonchev–Trinajstić information content (AvgIpc) is 3.04. The molecule has 1 aliphatic rings. The molecule has 3 rings (SSSR count). The smallest absolute Gasteiger partial charge is 0.165 e. The molecular weight excluding hydrogens is 283 g/mol. The van der Waals surface area contributed by atoms with E-state index in [2.05, 4.69) is 9.55 Å². The van der Waals surface area contributed by atoms with Gasteiger partial charge in [0.25, 0.3) is 0 Å². The number of hydrogen-bond donors (Lipinski definition) is 0. The van der Waals surface area contributed by atoms with Crippen LogP contribution in [-0.4, -0.2) is 29.9 Å². The van der Waals surface area contributed by atoms with E-state index in [9.17, 15) is 4.39 Å². The van der Waals surface area contributed by atoms with Crippen LogP contribution in [0.5, 0.6) is 5.75 Å². The summed E-state index contributed by atoms with van der Waals surface area (Å²) >= 11 is 0. The molecule has 1 heterocycles. The maximum atomic E-state index is 13.9. The quantitative estimate of drug-likeness (QED) is 0.861. The molecule has 1 saturated carbocycles. The van der Waals surface area contributed by atoms with Gasteiger partial charge < -0.3 is 14.0 Å². The molecule has 0 spiro atoms. The Morgan fingerprint density at radius 3 is 2.59 bits per heavy atom. The molecule has 22 heavy (non-hydrogen) atoms. The molecule has 2 aromatic rings. The fourth-order valence-electron chi connectivity index (χ4n) is 3.20. The number of imidazole rings is 1. The molecule has 0 aliphatic heterocycles. The minimum Gasteiger partial charge on any atom is -0.494 e. The summed E-state index contributed by atoms with van der Waals surface area (Å²) in [6.45, 7) is 0. The van der Waals surface area contributed by atoms with Gasteiger partial charge in [-0.2, -0.15) is 0 Å². The molecule has 0 unspecified atom stereocenters. The standard InChI is InChI=1S/C17H21FN2O2/c1-21-14-6-4-13(5-7-14)20-10-9-19-17(20)12-3-8-16(22-2)15(18)11-12/h3,8-11,13-14H,4-7H2,1-2H3. The fourth-order valence-corrected chi connectivity index (χ4v) is 3.20. The zero-order valence-corrected chi connectivity index (χ0v) is 13.0. The Labute approximate surface area is 129 Å². The Balaban J connectivity index is 1.85. The first-order valence-corrected chi connectivity index (χ1v) is 7.62. The van der Waals surface area contributed by atoms with Gasteiger partial charge in [-0.15, -0.1) is 0 Å². The molecule has 1 fully saturated rings. The van der Waals surface area contributed by atoms with Crippen molar-refractivity contribution in [3.63, 3.8) is 0 Å². The number of aromatic nitrogens is 2. The lowest BCUT2D eigenvalue weighted by atomic mass is 9.92. The van der Waals surface area contributed by atoms with Gasteiger partial charge in [-0.05, 0) is 43.9 Å². The summed E-state index contributed by atoms with van der Waals surface area (Å²) in [6, 6.07) is 5.37. The van der Waals surface area contributed by atoms with Crippen LogP contribution in [0.4, 0.5) is 4.39 Å². The molecule has 4 nitrogen and oxygen atoms in total. The van der Waals surface area contributed by atoms with Crippen LogP contribution in [0, 0.1) is 5.82 Å². The third-order valence-corrected chi connectivity index (χ3v) is 4.45. The molecule has 0 N–H and O–H groups in total. The molecule has 1 aromatic heterocycles. The topological polar surface area (TPSA) is 36.3 Å². The lowest BCUT2D eigenvalue weighted by molar-refractivity contribution is 0.0586. The van der Waals surface area contributed by atoms with Gasteiger partial charge in [-0.25, -0.2) is 9.37 Å². The Morgan fingerprint density at radius 2 is 1.95 bits per heavy atom.